The molecule has 16 heavy (non-hydrogen) atoms. The smallest absolute Gasteiger partial charge is 0.147 e. The zero-order valence-corrected chi connectivity index (χ0v) is 8.24. The largest absolute Gasteiger partial charge is 0.382 e. The monoisotopic (exact) mass is 221 g/mol. The van der Waals surface area contributed by atoms with E-state index in [0.717, 1.165) is 18.2 Å². The lowest BCUT2D eigenvalue weighted by atomic mass is 10.2. The van der Waals surface area contributed by atoms with Crippen molar-refractivity contribution in [3.8, 4) is 0 Å². The second kappa shape index (κ2) is 4.14. The second-order valence-corrected chi connectivity index (χ2v) is 3.19. The van der Waals surface area contributed by atoms with Gasteiger partial charge < -0.3 is 11.1 Å². The summed E-state index contributed by atoms with van der Waals surface area (Å²) in [5.41, 5.74) is 6.03. The molecule has 0 unspecified atom stereocenters. The van der Waals surface area contributed by atoms with Crippen molar-refractivity contribution in [2.75, 3.05) is 11.1 Å². The van der Waals surface area contributed by atoms with Gasteiger partial charge in [-0.2, -0.15) is 0 Å². The van der Waals surface area contributed by atoms with Crippen molar-refractivity contribution in [2.45, 2.75) is 0 Å². The number of benzene rings is 1. The molecule has 0 saturated heterocycles. The van der Waals surface area contributed by atoms with Gasteiger partial charge in [0.05, 0.1) is 11.4 Å². The molecule has 1 aromatic heterocycles. The number of nitrogen functional groups attached to an aromatic ring is 1. The predicted molar refractivity (Wildman–Crippen MR) is 58.3 cm³/mol. The molecule has 1 heterocycles. The third kappa shape index (κ3) is 2.08. The number of nitrogens with one attached hydrogen (secondary N) is 1. The SMILES string of the molecule is Nc1ncccc1Nc1cc(F)ccc1F. The van der Waals surface area contributed by atoms with Gasteiger partial charge >= 0.3 is 0 Å². The standard InChI is InChI=1S/C11H9F2N3/c12-7-3-4-8(13)10(6-7)16-9-2-1-5-15-11(9)14/h1-6,16H,(H2,14,15). The Balaban J connectivity index is 2.34. The molecule has 0 radical (unpaired) electrons. The number of rotatable bonds is 2. The summed E-state index contributed by atoms with van der Waals surface area (Å²) < 4.78 is 26.2. The van der Waals surface area contributed by atoms with Crippen molar-refractivity contribution in [1.82, 2.24) is 4.98 Å². The van der Waals surface area contributed by atoms with Gasteiger partial charge in [-0.1, -0.05) is 0 Å². The van der Waals surface area contributed by atoms with E-state index in [1.807, 2.05) is 0 Å². The lowest BCUT2D eigenvalue weighted by molar-refractivity contribution is 0.603. The van der Waals surface area contributed by atoms with Gasteiger partial charge in [0.25, 0.3) is 0 Å². The quantitative estimate of drug-likeness (QED) is 0.819. The zero-order valence-electron chi connectivity index (χ0n) is 8.24. The first kappa shape index (κ1) is 10.4. The minimum Gasteiger partial charge on any atom is -0.382 e. The van der Waals surface area contributed by atoms with Gasteiger partial charge in [0.1, 0.15) is 17.5 Å². The van der Waals surface area contributed by atoms with Crippen LogP contribution in [0.25, 0.3) is 0 Å². The molecule has 5 heteroatoms. The summed E-state index contributed by atoms with van der Waals surface area (Å²) in [5, 5.41) is 2.68. The third-order valence-corrected chi connectivity index (χ3v) is 2.04. The fraction of sp³-hybridized carbons (Fsp3) is 0. The van der Waals surface area contributed by atoms with Crippen LogP contribution < -0.4 is 11.1 Å². The Morgan fingerprint density at radius 2 is 1.94 bits per heavy atom. The number of hydrogen-bond donors (Lipinski definition) is 2. The molecule has 0 fully saturated rings. The van der Waals surface area contributed by atoms with Crippen molar-refractivity contribution >= 4 is 17.2 Å². The minimum atomic E-state index is -0.551. The molecular formula is C11H9F2N3. The van der Waals surface area contributed by atoms with E-state index in [1.54, 1.807) is 12.1 Å². The number of nitrogens with zero attached hydrogens (tertiary/aromatic N) is 1. The van der Waals surface area contributed by atoms with Gasteiger partial charge in [0, 0.05) is 12.3 Å². The van der Waals surface area contributed by atoms with Crippen LogP contribution in [0.15, 0.2) is 36.5 Å². The fourth-order valence-corrected chi connectivity index (χ4v) is 1.26. The minimum absolute atomic E-state index is 0.0275. The number of aromatic nitrogens is 1. The highest BCUT2D eigenvalue weighted by atomic mass is 19.1. The Labute approximate surface area is 90.9 Å². The van der Waals surface area contributed by atoms with Crippen LogP contribution in [-0.2, 0) is 0 Å². The summed E-state index contributed by atoms with van der Waals surface area (Å²) in [7, 11) is 0. The maximum atomic E-state index is 13.3. The first-order valence-electron chi connectivity index (χ1n) is 4.59. The van der Waals surface area contributed by atoms with Crippen LogP contribution in [0.4, 0.5) is 26.0 Å². The fourth-order valence-electron chi connectivity index (χ4n) is 1.26. The van der Waals surface area contributed by atoms with Gasteiger partial charge in [-0.05, 0) is 24.3 Å². The summed E-state index contributed by atoms with van der Waals surface area (Å²) in [6.45, 7) is 0. The van der Waals surface area contributed by atoms with E-state index in [9.17, 15) is 8.78 Å². The van der Waals surface area contributed by atoms with E-state index in [0.29, 0.717) is 5.69 Å². The lowest BCUT2D eigenvalue weighted by Crippen LogP contribution is -2.00. The van der Waals surface area contributed by atoms with E-state index in [1.165, 1.54) is 6.20 Å². The number of halogens is 2. The van der Waals surface area contributed by atoms with E-state index < -0.39 is 11.6 Å². The Bertz CT molecular complexity index is 514. The maximum absolute atomic E-state index is 13.3. The summed E-state index contributed by atoms with van der Waals surface area (Å²) in [6, 6.07) is 6.43. The number of anilines is 3. The molecule has 0 aliphatic carbocycles. The van der Waals surface area contributed by atoms with E-state index in [-0.39, 0.29) is 11.5 Å². The molecule has 2 aromatic rings. The zero-order chi connectivity index (χ0) is 11.5. The molecule has 1 aromatic carbocycles. The Morgan fingerprint density at radius 1 is 1.12 bits per heavy atom. The van der Waals surface area contributed by atoms with Crippen molar-refractivity contribution in [3.05, 3.63) is 48.2 Å². The Hall–Kier alpha value is -2.17. The molecule has 0 spiro atoms. The van der Waals surface area contributed by atoms with Crippen LogP contribution in [-0.4, -0.2) is 4.98 Å². The second-order valence-electron chi connectivity index (χ2n) is 3.19. The Kier molecular flexibility index (Phi) is 2.68. The summed E-state index contributed by atoms with van der Waals surface area (Å²) >= 11 is 0. The topological polar surface area (TPSA) is 50.9 Å². The molecule has 0 bridgehead atoms. The molecule has 0 aliphatic heterocycles. The van der Waals surface area contributed by atoms with E-state index in [2.05, 4.69) is 10.3 Å². The highest BCUT2D eigenvalue weighted by Crippen LogP contribution is 2.23. The molecule has 0 saturated carbocycles. The molecule has 2 rings (SSSR count). The van der Waals surface area contributed by atoms with Gasteiger partial charge in [-0.25, -0.2) is 13.8 Å². The van der Waals surface area contributed by atoms with Crippen LogP contribution in [0.1, 0.15) is 0 Å². The molecule has 0 atom stereocenters. The predicted octanol–water partition coefficient (Wildman–Crippen LogP) is 2.69. The maximum Gasteiger partial charge on any atom is 0.147 e. The number of hydrogen-bond acceptors (Lipinski definition) is 3. The molecule has 3 N–H and O–H groups in total. The van der Waals surface area contributed by atoms with Crippen LogP contribution in [0, 0.1) is 11.6 Å². The van der Waals surface area contributed by atoms with Crippen molar-refractivity contribution in [2.24, 2.45) is 0 Å². The van der Waals surface area contributed by atoms with Crippen molar-refractivity contribution in [3.63, 3.8) is 0 Å². The normalized spacial score (nSPS) is 10.1. The van der Waals surface area contributed by atoms with Crippen LogP contribution in [0.3, 0.4) is 0 Å². The first-order chi connectivity index (χ1) is 7.66. The number of pyridine rings is 1. The highest BCUT2D eigenvalue weighted by molar-refractivity contribution is 5.69. The van der Waals surface area contributed by atoms with Crippen LogP contribution >= 0.6 is 0 Å². The molecule has 0 aliphatic rings. The molecular weight excluding hydrogens is 212 g/mol. The van der Waals surface area contributed by atoms with Gasteiger partial charge in [0.2, 0.25) is 0 Å². The molecule has 0 amide bonds. The number of nitrogens with two attached hydrogens (primary N) is 1. The highest BCUT2D eigenvalue weighted by Gasteiger charge is 2.05. The summed E-state index contributed by atoms with van der Waals surface area (Å²) in [5.74, 6) is -0.845. The summed E-state index contributed by atoms with van der Waals surface area (Å²) in [6.07, 6.45) is 1.52. The van der Waals surface area contributed by atoms with Crippen LogP contribution in [0.5, 0.6) is 0 Å². The third-order valence-electron chi connectivity index (χ3n) is 2.04. The molecule has 3 nitrogen and oxygen atoms in total. The van der Waals surface area contributed by atoms with Gasteiger partial charge in [-0.3, -0.25) is 0 Å². The van der Waals surface area contributed by atoms with Crippen molar-refractivity contribution in [1.29, 1.82) is 0 Å². The van der Waals surface area contributed by atoms with Gasteiger partial charge in [0.15, 0.2) is 0 Å². The average Bonchev–Trinajstić information content (AvgIpc) is 2.27. The van der Waals surface area contributed by atoms with E-state index in [4.69, 9.17) is 5.73 Å². The average molecular weight is 221 g/mol. The first-order valence-corrected chi connectivity index (χ1v) is 4.59. The lowest BCUT2D eigenvalue weighted by Gasteiger charge is -2.08. The van der Waals surface area contributed by atoms with Crippen molar-refractivity contribution < 1.29 is 8.78 Å². The Morgan fingerprint density at radius 3 is 2.69 bits per heavy atom. The van der Waals surface area contributed by atoms with E-state index >= 15 is 0 Å². The van der Waals surface area contributed by atoms with Crippen LogP contribution in [0.2, 0.25) is 0 Å². The molecule has 82 valence electrons. The summed E-state index contributed by atoms with van der Waals surface area (Å²) in [4.78, 5) is 3.83. The van der Waals surface area contributed by atoms with Gasteiger partial charge in [-0.15, -0.1) is 0 Å².